The highest BCUT2D eigenvalue weighted by Gasteiger charge is 2.24. The number of nitrogens with zero attached hydrogens (tertiary/aromatic N) is 3. The average molecular weight is 224 g/mol. The number of rotatable bonds is 3. The van der Waals surface area contributed by atoms with Gasteiger partial charge in [0.05, 0.1) is 11.5 Å². The normalized spacial score (nSPS) is 20.2. The van der Waals surface area contributed by atoms with Crippen molar-refractivity contribution in [3.63, 3.8) is 0 Å². The third kappa shape index (κ3) is 1.92. The van der Waals surface area contributed by atoms with Crippen LogP contribution < -0.4 is 5.32 Å². The van der Waals surface area contributed by atoms with Gasteiger partial charge in [-0.1, -0.05) is 0 Å². The smallest absolute Gasteiger partial charge is 0.312 e. The molecule has 1 aliphatic heterocycles. The predicted molar refractivity (Wildman–Crippen MR) is 59.4 cm³/mol. The van der Waals surface area contributed by atoms with Crippen molar-refractivity contribution in [2.45, 2.75) is 39.3 Å². The van der Waals surface area contributed by atoms with E-state index in [-0.39, 0.29) is 10.6 Å². The maximum absolute atomic E-state index is 10.8. The fourth-order valence-corrected chi connectivity index (χ4v) is 2.25. The van der Waals surface area contributed by atoms with Crippen LogP contribution in [-0.2, 0) is 6.54 Å². The summed E-state index contributed by atoms with van der Waals surface area (Å²) in [7, 11) is 0. The summed E-state index contributed by atoms with van der Waals surface area (Å²) >= 11 is 0. The highest BCUT2D eigenvalue weighted by Crippen LogP contribution is 2.22. The minimum absolute atomic E-state index is 0.151. The number of nitro groups is 1. The Balaban J connectivity index is 2.21. The molecular weight excluding hydrogens is 208 g/mol. The monoisotopic (exact) mass is 224 g/mol. The lowest BCUT2D eigenvalue weighted by Crippen LogP contribution is -2.27. The van der Waals surface area contributed by atoms with Crippen molar-refractivity contribution in [1.29, 1.82) is 0 Å². The first kappa shape index (κ1) is 11.1. The van der Waals surface area contributed by atoms with Crippen molar-refractivity contribution in [2.75, 3.05) is 6.54 Å². The summed E-state index contributed by atoms with van der Waals surface area (Å²) in [5.74, 6) is 0. The minimum Gasteiger partial charge on any atom is -0.312 e. The Morgan fingerprint density at radius 2 is 2.38 bits per heavy atom. The van der Waals surface area contributed by atoms with Gasteiger partial charge in [-0.3, -0.25) is 14.8 Å². The van der Waals surface area contributed by atoms with Crippen molar-refractivity contribution in [3.8, 4) is 0 Å². The van der Waals surface area contributed by atoms with Gasteiger partial charge >= 0.3 is 5.69 Å². The van der Waals surface area contributed by atoms with Gasteiger partial charge in [-0.05, 0) is 33.2 Å². The molecule has 6 heteroatoms. The number of hydrogen-bond donors (Lipinski definition) is 1. The van der Waals surface area contributed by atoms with Crippen molar-refractivity contribution in [2.24, 2.45) is 0 Å². The molecule has 2 heterocycles. The van der Waals surface area contributed by atoms with E-state index in [0.29, 0.717) is 17.4 Å². The molecule has 0 saturated carbocycles. The first-order valence-electron chi connectivity index (χ1n) is 5.51. The molecule has 1 aliphatic rings. The van der Waals surface area contributed by atoms with Crippen LogP contribution in [0.2, 0.25) is 0 Å². The maximum atomic E-state index is 10.8. The van der Waals surface area contributed by atoms with Crippen LogP contribution in [0.15, 0.2) is 0 Å². The molecule has 1 aromatic rings. The van der Waals surface area contributed by atoms with Crippen molar-refractivity contribution < 1.29 is 4.92 Å². The SMILES string of the molecule is Cc1nn(C[C@H]2CCCN2)c(C)c1[N+](=O)[O-]. The quantitative estimate of drug-likeness (QED) is 0.617. The van der Waals surface area contributed by atoms with Crippen LogP contribution in [-0.4, -0.2) is 27.3 Å². The Kier molecular flexibility index (Phi) is 2.91. The molecule has 6 nitrogen and oxygen atoms in total. The lowest BCUT2D eigenvalue weighted by Gasteiger charge is -2.10. The van der Waals surface area contributed by atoms with Crippen LogP contribution in [0.4, 0.5) is 5.69 Å². The summed E-state index contributed by atoms with van der Waals surface area (Å²) in [6.07, 6.45) is 2.29. The summed E-state index contributed by atoms with van der Waals surface area (Å²) in [4.78, 5) is 10.5. The van der Waals surface area contributed by atoms with Gasteiger partial charge in [-0.2, -0.15) is 5.10 Å². The van der Waals surface area contributed by atoms with E-state index in [9.17, 15) is 10.1 Å². The molecule has 88 valence electrons. The van der Waals surface area contributed by atoms with Crippen LogP contribution in [0.3, 0.4) is 0 Å². The van der Waals surface area contributed by atoms with Gasteiger partial charge in [0.25, 0.3) is 0 Å². The van der Waals surface area contributed by atoms with Crippen molar-refractivity contribution >= 4 is 5.69 Å². The van der Waals surface area contributed by atoms with E-state index < -0.39 is 0 Å². The fourth-order valence-electron chi connectivity index (χ4n) is 2.25. The molecule has 1 N–H and O–H groups in total. The number of aromatic nitrogens is 2. The molecule has 16 heavy (non-hydrogen) atoms. The van der Waals surface area contributed by atoms with E-state index in [1.807, 2.05) is 0 Å². The molecule has 2 rings (SSSR count). The average Bonchev–Trinajstić information content (AvgIpc) is 2.76. The standard InChI is InChI=1S/C10H16N4O2/c1-7-10(14(15)16)8(2)13(12-7)6-9-4-3-5-11-9/h9,11H,3-6H2,1-2H3/t9-/m1/s1. The molecule has 0 radical (unpaired) electrons. The Bertz CT molecular complexity index is 407. The van der Waals surface area contributed by atoms with Gasteiger partial charge in [-0.15, -0.1) is 0 Å². The number of aryl methyl sites for hydroxylation is 1. The first-order chi connectivity index (χ1) is 7.59. The zero-order valence-corrected chi connectivity index (χ0v) is 9.56. The van der Waals surface area contributed by atoms with Crippen LogP contribution in [0.5, 0.6) is 0 Å². The minimum atomic E-state index is -0.351. The molecule has 0 bridgehead atoms. The number of hydrogen-bond acceptors (Lipinski definition) is 4. The third-order valence-electron chi connectivity index (χ3n) is 3.08. The van der Waals surface area contributed by atoms with Crippen LogP contribution in [0, 0.1) is 24.0 Å². The molecule has 1 saturated heterocycles. The topological polar surface area (TPSA) is 73.0 Å². The van der Waals surface area contributed by atoms with Gasteiger partial charge in [0.1, 0.15) is 11.4 Å². The third-order valence-corrected chi connectivity index (χ3v) is 3.08. The molecule has 0 amide bonds. The molecule has 1 fully saturated rings. The second-order valence-corrected chi connectivity index (χ2v) is 4.25. The molecule has 0 spiro atoms. The van der Waals surface area contributed by atoms with Crippen LogP contribution in [0.25, 0.3) is 0 Å². The van der Waals surface area contributed by atoms with E-state index >= 15 is 0 Å². The van der Waals surface area contributed by atoms with Gasteiger partial charge in [0.15, 0.2) is 0 Å². The lowest BCUT2D eigenvalue weighted by molar-refractivity contribution is -0.386. The predicted octanol–water partition coefficient (Wildman–Crippen LogP) is 1.16. The molecule has 1 atom stereocenters. The lowest BCUT2D eigenvalue weighted by atomic mass is 10.2. The second kappa shape index (κ2) is 4.21. The van der Waals surface area contributed by atoms with E-state index in [1.54, 1.807) is 18.5 Å². The Morgan fingerprint density at radius 3 is 2.88 bits per heavy atom. The highest BCUT2D eigenvalue weighted by molar-refractivity contribution is 5.39. The Morgan fingerprint density at radius 1 is 1.62 bits per heavy atom. The van der Waals surface area contributed by atoms with Crippen molar-refractivity contribution in [3.05, 3.63) is 21.5 Å². The van der Waals surface area contributed by atoms with E-state index in [0.717, 1.165) is 19.5 Å². The Labute approximate surface area is 93.8 Å². The van der Waals surface area contributed by atoms with Crippen LogP contribution in [0.1, 0.15) is 24.2 Å². The summed E-state index contributed by atoms with van der Waals surface area (Å²) in [5.41, 5.74) is 1.30. The zero-order valence-electron chi connectivity index (χ0n) is 9.56. The summed E-state index contributed by atoms with van der Waals surface area (Å²) < 4.78 is 1.75. The zero-order chi connectivity index (χ0) is 11.7. The first-order valence-corrected chi connectivity index (χ1v) is 5.51. The highest BCUT2D eigenvalue weighted by atomic mass is 16.6. The van der Waals surface area contributed by atoms with E-state index in [1.165, 1.54) is 6.42 Å². The van der Waals surface area contributed by atoms with E-state index in [4.69, 9.17) is 0 Å². The van der Waals surface area contributed by atoms with Crippen molar-refractivity contribution in [1.82, 2.24) is 15.1 Å². The molecule has 0 unspecified atom stereocenters. The summed E-state index contributed by atoms with van der Waals surface area (Å²) in [6, 6.07) is 0.401. The van der Waals surface area contributed by atoms with E-state index in [2.05, 4.69) is 10.4 Å². The summed E-state index contributed by atoms with van der Waals surface area (Å²) in [5, 5.41) is 18.4. The second-order valence-electron chi connectivity index (χ2n) is 4.25. The van der Waals surface area contributed by atoms with Gasteiger partial charge in [0, 0.05) is 6.04 Å². The summed E-state index contributed by atoms with van der Waals surface area (Å²) in [6.45, 7) is 5.20. The maximum Gasteiger partial charge on any atom is 0.312 e. The molecule has 1 aromatic heterocycles. The number of nitrogens with one attached hydrogen (secondary N) is 1. The van der Waals surface area contributed by atoms with Gasteiger partial charge < -0.3 is 5.32 Å². The molecular formula is C10H16N4O2. The Hall–Kier alpha value is -1.43. The largest absolute Gasteiger partial charge is 0.312 e. The van der Waals surface area contributed by atoms with Gasteiger partial charge in [-0.25, -0.2) is 0 Å². The molecule has 0 aromatic carbocycles. The molecule has 0 aliphatic carbocycles. The fraction of sp³-hybridized carbons (Fsp3) is 0.700. The van der Waals surface area contributed by atoms with Gasteiger partial charge in [0.2, 0.25) is 0 Å². The van der Waals surface area contributed by atoms with Crippen LogP contribution >= 0.6 is 0 Å².